The average Bonchev–Trinajstić information content (AvgIpc) is 2.36. The van der Waals surface area contributed by atoms with Gasteiger partial charge in [0.2, 0.25) is 0 Å². The Labute approximate surface area is 95.3 Å². The Balaban J connectivity index is 2.30. The van der Waals surface area contributed by atoms with Crippen molar-refractivity contribution in [3.63, 3.8) is 0 Å². The first kappa shape index (κ1) is 9.34. The fourth-order valence-corrected chi connectivity index (χ4v) is 2.52. The normalized spacial score (nSPS) is 17.8. The Hall–Kier alpha value is -1.89. The topological polar surface area (TPSA) is 23.9 Å². The van der Waals surface area contributed by atoms with Crippen LogP contribution in [0.5, 0.6) is 0 Å². The molecule has 0 aliphatic heterocycles. The Morgan fingerprint density at radius 1 is 0.812 bits per heavy atom. The van der Waals surface area contributed by atoms with Crippen molar-refractivity contribution in [3.05, 3.63) is 70.8 Å². The molecule has 0 spiro atoms. The highest BCUT2D eigenvalue weighted by atomic mass is 14.5. The molecule has 1 N–H and O–H groups in total. The monoisotopic (exact) mass is 207 g/mol. The van der Waals surface area contributed by atoms with Crippen molar-refractivity contribution in [2.45, 2.75) is 12.8 Å². The van der Waals surface area contributed by atoms with Crippen LogP contribution in [0, 0.1) is 5.41 Å². The van der Waals surface area contributed by atoms with Gasteiger partial charge in [0.05, 0.1) is 5.71 Å². The van der Waals surface area contributed by atoms with Gasteiger partial charge in [-0.05, 0) is 11.1 Å². The largest absolute Gasteiger partial charge is 0.300 e. The Morgan fingerprint density at radius 2 is 1.25 bits per heavy atom. The predicted octanol–water partition coefficient (Wildman–Crippen LogP) is 3.57. The van der Waals surface area contributed by atoms with Gasteiger partial charge < -0.3 is 0 Å². The molecule has 0 unspecified atom stereocenters. The molecule has 0 radical (unpaired) electrons. The zero-order valence-electron chi connectivity index (χ0n) is 9.20. The van der Waals surface area contributed by atoms with E-state index < -0.39 is 0 Å². The van der Waals surface area contributed by atoms with Crippen molar-refractivity contribution < 1.29 is 0 Å². The minimum Gasteiger partial charge on any atom is -0.300 e. The number of fused-ring (bicyclic) bond motifs is 2. The molecule has 0 saturated carbocycles. The summed E-state index contributed by atoms with van der Waals surface area (Å²) in [5.74, 6) is 0.390. The zero-order chi connectivity index (χ0) is 11.1. The fourth-order valence-electron chi connectivity index (χ4n) is 2.52. The Kier molecular flexibility index (Phi) is 1.93. The van der Waals surface area contributed by atoms with E-state index in [0.717, 1.165) is 11.1 Å². The molecule has 0 fully saturated rings. The molecule has 3 rings (SSSR count). The Bertz CT molecular complexity index is 520. The van der Waals surface area contributed by atoms with Crippen molar-refractivity contribution in [1.82, 2.24) is 0 Å². The summed E-state index contributed by atoms with van der Waals surface area (Å²) in [6.45, 7) is 2.21. The van der Waals surface area contributed by atoms with Crippen LogP contribution in [0.25, 0.3) is 0 Å². The lowest BCUT2D eigenvalue weighted by Gasteiger charge is -2.26. The third-order valence-corrected chi connectivity index (χ3v) is 3.39. The van der Waals surface area contributed by atoms with E-state index in [2.05, 4.69) is 31.2 Å². The molecule has 1 aliphatic rings. The van der Waals surface area contributed by atoms with Gasteiger partial charge in [0, 0.05) is 17.0 Å². The smallest absolute Gasteiger partial charge is 0.0690 e. The van der Waals surface area contributed by atoms with Gasteiger partial charge in [0.1, 0.15) is 0 Å². The molecule has 2 aromatic carbocycles. The first-order valence-corrected chi connectivity index (χ1v) is 5.56. The lowest BCUT2D eigenvalue weighted by molar-refractivity contribution is 0.903. The molecular weight excluding hydrogens is 194 g/mol. The van der Waals surface area contributed by atoms with Gasteiger partial charge in [-0.15, -0.1) is 0 Å². The number of hydrogen-bond donors (Lipinski definition) is 1. The lowest BCUT2D eigenvalue weighted by atomic mass is 9.78. The summed E-state index contributed by atoms with van der Waals surface area (Å²) in [7, 11) is 0. The summed E-state index contributed by atoms with van der Waals surface area (Å²) in [4.78, 5) is 0. The maximum Gasteiger partial charge on any atom is 0.0690 e. The average molecular weight is 207 g/mol. The molecule has 0 amide bonds. The minimum atomic E-state index is 0.390. The second-order valence-corrected chi connectivity index (χ2v) is 4.27. The first-order valence-electron chi connectivity index (χ1n) is 5.56. The van der Waals surface area contributed by atoms with Crippen LogP contribution in [0.15, 0.2) is 48.5 Å². The summed E-state index contributed by atoms with van der Waals surface area (Å²) >= 11 is 0. The molecule has 1 heteroatoms. The number of benzene rings is 2. The van der Waals surface area contributed by atoms with Crippen LogP contribution in [-0.4, -0.2) is 5.71 Å². The van der Waals surface area contributed by atoms with Crippen LogP contribution in [0.1, 0.15) is 35.1 Å². The quantitative estimate of drug-likeness (QED) is 0.683. The van der Waals surface area contributed by atoms with E-state index in [9.17, 15) is 0 Å². The van der Waals surface area contributed by atoms with Crippen LogP contribution in [-0.2, 0) is 0 Å². The van der Waals surface area contributed by atoms with Crippen molar-refractivity contribution in [3.8, 4) is 0 Å². The van der Waals surface area contributed by atoms with E-state index in [1.54, 1.807) is 0 Å². The van der Waals surface area contributed by atoms with E-state index in [1.165, 1.54) is 11.1 Å². The SMILES string of the molecule is CC1c2ccccc2C(=N)c2ccccc21. The third kappa shape index (κ3) is 1.15. The standard InChI is InChI=1S/C15H13N/c1-10-11-6-2-4-8-13(11)15(16)14-9-5-3-7-12(10)14/h2-10,16H,1H3. The number of hydrogen-bond acceptors (Lipinski definition) is 1. The lowest BCUT2D eigenvalue weighted by Crippen LogP contribution is -2.17. The van der Waals surface area contributed by atoms with Crippen LogP contribution < -0.4 is 0 Å². The summed E-state index contributed by atoms with van der Waals surface area (Å²) < 4.78 is 0. The van der Waals surface area contributed by atoms with Gasteiger partial charge in [-0.1, -0.05) is 55.5 Å². The molecule has 1 nitrogen and oxygen atoms in total. The van der Waals surface area contributed by atoms with Gasteiger partial charge >= 0.3 is 0 Å². The molecule has 16 heavy (non-hydrogen) atoms. The van der Waals surface area contributed by atoms with Crippen molar-refractivity contribution in [1.29, 1.82) is 5.41 Å². The van der Waals surface area contributed by atoms with Crippen molar-refractivity contribution >= 4 is 5.71 Å². The van der Waals surface area contributed by atoms with Crippen LogP contribution >= 0.6 is 0 Å². The van der Waals surface area contributed by atoms with E-state index in [-0.39, 0.29) is 0 Å². The van der Waals surface area contributed by atoms with Gasteiger partial charge in [0.15, 0.2) is 0 Å². The first-order chi connectivity index (χ1) is 7.79. The highest BCUT2D eigenvalue weighted by Crippen LogP contribution is 2.35. The molecule has 1 aliphatic carbocycles. The fraction of sp³-hybridized carbons (Fsp3) is 0.133. The molecule has 0 aromatic heterocycles. The summed E-state index contributed by atoms with van der Waals surface area (Å²) in [6.07, 6.45) is 0. The Morgan fingerprint density at radius 3 is 1.75 bits per heavy atom. The molecule has 78 valence electrons. The van der Waals surface area contributed by atoms with Crippen LogP contribution in [0.3, 0.4) is 0 Å². The van der Waals surface area contributed by atoms with E-state index in [0.29, 0.717) is 11.6 Å². The number of rotatable bonds is 0. The molecule has 0 bridgehead atoms. The van der Waals surface area contributed by atoms with E-state index >= 15 is 0 Å². The molecule has 0 atom stereocenters. The molecular formula is C15H13N. The highest BCUT2D eigenvalue weighted by Gasteiger charge is 2.24. The third-order valence-electron chi connectivity index (χ3n) is 3.39. The van der Waals surface area contributed by atoms with Crippen LogP contribution in [0.4, 0.5) is 0 Å². The molecule has 2 aromatic rings. The van der Waals surface area contributed by atoms with Crippen molar-refractivity contribution in [2.75, 3.05) is 0 Å². The minimum absolute atomic E-state index is 0.390. The summed E-state index contributed by atoms with van der Waals surface area (Å²) in [5, 5.41) is 8.24. The summed E-state index contributed by atoms with van der Waals surface area (Å²) in [5.41, 5.74) is 5.35. The van der Waals surface area contributed by atoms with Crippen molar-refractivity contribution in [2.24, 2.45) is 0 Å². The number of nitrogens with one attached hydrogen (secondary N) is 1. The zero-order valence-corrected chi connectivity index (χ0v) is 9.20. The van der Waals surface area contributed by atoms with Gasteiger partial charge in [-0.25, -0.2) is 0 Å². The maximum atomic E-state index is 8.24. The van der Waals surface area contributed by atoms with Gasteiger partial charge in [-0.2, -0.15) is 0 Å². The molecule has 0 heterocycles. The maximum absolute atomic E-state index is 8.24. The van der Waals surface area contributed by atoms with E-state index in [1.807, 2.05) is 24.3 Å². The highest BCUT2D eigenvalue weighted by molar-refractivity contribution is 6.14. The van der Waals surface area contributed by atoms with Crippen LogP contribution in [0.2, 0.25) is 0 Å². The second-order valence-electron chi connectivity index (χ2n) is 4.27. The summed E-state index contributed by atoms with van der Waals surface area (Å²) in [6, 6.07) is 16.5. The second kappa shape index (κ2) is 3.31. The molecule has 0 saturated heterocycles. The van der Waals surface area contributed by atoms with E-state index in [4.69, 9.17) is 5.41 Å². The van der Waals surface area contributed by atoms with Gasteiger partial charge in [-0.3, -0.25) is 5.41 Å². The van der Waals surface area contributed by atoms with Gasteiger partial charge in [0.25, 0.3) is 0 Å². The predicted molar refractivity (Wildman–Crippen MR) is 66.3 cm³/mol.